The number of H-pyrrole nitrogens is 1. The zero-order valence-corrected chi connectivity index (χ0v) is 26.0. The summed E-state index contributed by atoms with van der Waals surface area (Å²) in [6.45, 7) is 0.166. The third-order valence-corrected chi connectivity index (χ3v) is 7.93. The normalized spacial score (nSPS) is 20.3. The van der Waals surface area contributed by atoms with E-state index in [0.29, 0.717) is 23.8 Å². The molecule has 21 heteroatoms. The van der Waals surface area contributed by atoms with Crippen LogP contribution < -0.4 is 33.0 Å². The van der Waals surface area contributed by atoms with E-state index in [-0.39, 0.29) is 53.6 Å². The number of carboxylic acid groups (broad SMARTS) is 1. The first kappa shape index (κ1) is 33.7. The predicted molar refractivity (Wildman–Crippen MR) is 175 cm³/mol. The minimum atomic E-state index is -1.43. The lowest BCUT2D eigenvalue weighted by Gasteiger charge is -2.17. The number of hydrogen-bond donors (Lipinski definition) is 9. The van der Waals surface area contributed by atoms with Crippen LogP contribution in [0.25, 0.3) is 11.2 Å². The van der Waals surface area contributed by atoms with Crippen LogP contribution in [-0.2, 0) is 19.1 Å². The predicted octanol–water partition coefficient (Wildman–Crippen LogP) is -1.49. The van der Waals surface area contributed by atoms with Gasteiger partial charge in [0.05, 0.1) is 25.1 Å². The standard InChI is InChI=1S/C29H32N12O9/c30-22-18-24(35-10-34-22)41(11-36-18)27-21(44)20(43)16(50-27)9-49-17(42)6-5-15(28(47)48)38-25(45)12-1-3-13(4-2-12)32-7-14-8-33-23-19(37-14)26(46)40-29(31)39-23/h1-4,10-11,15-16,20-21,27,32,43-44H,5-9H2,(H,38,45)(H,47,48)(H2,30,34,35)(H4,31,33,39,40,46)/t15-,16+,20+,21+,27+/m0/s1. The number of aromatic nitrogens is 6. The average molecular weight is 693 g/mol. The first-order chi connectivity index (χ1) is 24.0. The van der Waals surface area contributed by atoms with Crippen LogP contribution in [-0.4, -0.2) is 112 Å². The summed E-state index contributed by atoms with van der Waals surface area (Å²) in [7, 11) is 0. The number of aliphatic carboxylic acids is 1. The molecule has 0 unspecified atom stereocenters. The molecule has 262 valence electrons. The molecule has 1 amide bonds. The summed E-state index contributed by atoms with van der Waals surface area (Å²) in [5.74, 6) is -2.46. The zero-order valence-electron chi connectivity index (χ0n) is 26.0. The summed E-state index contributed by atoms with van der Waals surface area (Å²) in [4.78, 5) is 72.0. The molecule has 50 heavy (non-hydrogen) atoms. The number of aliphatic imine (C=N–C) groups is 1. The molecule has 5 atom stereocenters. The van der Waals surface area contributed by atoms with Crippen molar-refractivity contribution in [1.29, 1.82) is 0 Å². The lowest BCUT2D eigenvalue weighted by molar-refractivity contribution is -0.150. The van der Waals surface area contributed by atoms with E-state index in [2.05, 4.69) is 45.9 Å². The number of carboxylic acids is 1. The van der Waals surface area contributed by atoms with Crippen LogP contribution in [0.3, 0.4) is 0 Å². The number of nitrogens with one attached hydrogen (secondary N) is 4. The SMILES string of the molecule is Nc1nc2c(c(=O)[nH]1)N=C(CNc1ccc(C(=O)N[C@@H](CCC(=O)OC[C@H]3O[C@@H](n4cnc5c(N)ncnc54)[C@H](O)[C@@H]3O)C(=O)O)cc1)CN2. The van der Waals surface area contributed by atoms with E-state index >= 15 is 0 Å². The van der Waals surface area contributed by atoms with Crippen LogP contribution >= 0.6 is 0 Å². The first-order valence-electron chi connectivity index (χ1n) is 15.2. The van der Waals surface area contributed by atoms with Crippen molar-refractivity contribution in [2.45, 2.75) is 43.4 Å². The van der Waals surface area contributed by atoms with Crippen LogP contribution in [0.1, 0.15) is 29.4 Å². The van der Waals surface area contributed by atoms with E-state index in [1.807, 2.05) is 0 Å². The third kappa shape index (κ3) is 7.13. The van der Waals surface area contributed by atoms with Gasteiger partial charge in [-0.05, 0) is 30.7 Å². The molecule has 11 N–H and O–H groups in total. The van der Waals surface area contributed by atoms with E-state index in [1.165, 1.54) is 29.4 Å². The van der Waals surface area contributed by atoms with Crippen LogP contribution in [0.5, 0.6) is 0 Å². The number of hydrogen-bond acceptors (Lipinski definition) is 17. The fourth-order valence-corrected chi connectivity index (χ4v) is 5.30. The molecule has 5 heterocycles. The van der Waals surface area contributed by atoms with Gasteiger partial charge in [0.1, 0.15) is 42.8 Å². The molecule has 4 aromatic rings. The van der Waals surface area contributed by atoms with Crippen molar-refractivity contribution in [2.24, 2.45) is 4.99 Å². The van der Waals surface area contributed by atoms with Crippen molar-refractivity contribution in [3.05, 3.63) is 52.8 Å². The van der Waals surface area contributed by atoms with Gasteiger partial charge in [0.25, 0.3) is 11.5 Å². The molecule has 0 aliphatic carbocycles. The Bertz CT molecular complexity index is 2010. The van der Waals surface area contributed by atoms with Crippen LogP contribution in [0.15, 0.2) is 46.7 Å². The number of benzene rings is 1. The number of aromatic amines is 1. The molecular weight excluding hydrogens is 660 g/mol. The van der Waals surface area contributed by atoms with Crippen molar-refractivity contribution in [1.82, 2.24) is 34.8 Å². The number of nitrogens with two attached hydrogens (primary N) is 2. The Labute approximate surface area is 280 Å². The second-order valence-electron chi connectivity index (χ2n) is 11.3. The van der Waals surface area contributed by atoms with Crippen molar-refractivity contribution < 1.29 is 39.2 Å². The second-order valence-corrected chi connectivity index (χ2v) is 11.3. The number of esters is 1. The summed E-state index contributed by atoms with van der Waals surface area (Å²) in [6, 6.07) is 4.79. The number of fused-ring (bicyclic) bond motifs is 2. The van der Waals surface area contributed by atoms with Crippen molar-refractivity contribution in [3.63, 3.8) is 0 Å². The number of ether oxygens (including phenoxy) is 2. The van der Waals surface area contributed by atoms with Gasteiger partial charge in [-0.2, -0.15) is 4.98 Å². The fraction of sp³-hybridized carbons (Fsp3) is 0.345. The summed E-state index contributed by atoms with van der Waals surface area (Å²) in [5, 5.41) is 39.3. The Balaban J connectivity index is 0.967. The molecule has 1 aromatic carbocycles. The Kier molecular flexibility index (Phi) is 9.51. The summed E-state index contributed by atoms with van der Waals surface area (Å²) >= 11 is 0. The van der Waals surface area contributed by atoms with E-state index in [4.69, 9.17) is 20.9 Å². The molecule has 0 bridgehead atoms. The minimum Gasteiger partial charge on any atom is -0.480 e. The van der Waals surface area contributed by atoms with Gasteiger partial charge >= 0.3 is 11.9 Å². The van der Waals surface area contributed by atoms with Gasteiger partial charge in [0, 0.05) is 17.7 Å². The number of anilines is 4. The quantitative estimate of drug-likeness (QED) is 0.0763. The summed E-state index contributed by atoms with van der Waals surface area (Å²) < 4.78 is 12.3. The van der Waals surface area contributed by atoms with Crippen molar-refractivity contribution in [3.8, 4) is 0 Å². The molecule has 6 rings (SSSR count). The first-order valence-corrected chi connectivity index (χ1v) is 15.2. The Morgan fingerprint density at radius 3 is 2.66 bits per heavy atom. The van der Waals surface area contributed by atoms with E-state index in [9.17, 15) is 34.5 Å². The molecule has 2 aliphatic rings. The van der Waals surface area contributed by atoms with Gasteiger partial charge in [0.15, 0.2) is 29.2 Å². The number of amides is 1. The number of nitrogen functional groups attached to an aromatic ring is 2. The highest BCUT2D eigenvalue weighted by Crippen LogP contribution is 2.32. The monoisotopic (exact) mass is 692 g/mol. The van der Waals surface area contributed by atoms with Crippen LogP contribution in [0.4, 0.5) is 29.0 Å². The van der Waals surface area contributed by atoms with Crippen molar-refractivity contribution >= 4 is 63.7 Å². The molecule has 0 spiro atoms. The number of imidazole rings is 1. The minimum absolute atomic E-state index is 0.0208. The number of rotatable bonds is 12. The smallest absolute Gasteiger partial charge is 0.326 e. The molecule has 1 saturated heterocycles. The van der Waals surface area contributed by atoms with Gasteiger partial charge < -0.3 is 52.2 Å². The van der Waals surface area contributed by atoms with Crippen molar-refractivity contribution in [2.75, 3.05) is 41.8 Å². The Morgan fingerprint density at radius 2 is 1.90 bits per heavy atom. The molecule has 1 fully saturated rings. The Hall–Kier alpha value is -6.19. The number of aliphatic hydroxyl groups is 2. The maximum atomic E-state index is 12.8. The fourth-order valence-electron chi connectivity index (χ4n) is 5.30. The summed E-state index contributed by atoms with van der Waals surface area (Å²) in [6.07, 6.45) is -3.22. The van der Waals surface area contributed by atoms with E-state index in [1.54, 1.807) is 12.1 Å². The lowest BCUT2D eigenvalue weighted by atomic mass is 10.1. The van der Waals surface area contributed by atoms with E-state index in [0.717, 1.165) is 0 Å². The van der Waals surface area contributed by atoms with Crippen LogP contribution in [0, 0.1) is 0 Å². The zero-order chi connectivity index (χ0) is 35.5. The van der Waals surface area contributed by atoms with Gasteiger partial charge in [-0.1, -0.05) is 0 Å². The number of aliphatic hydroxyl groups excluding tert-OH is 2. The van der Waals surface area contributed by atoms with Gasteiger partial charge in [-0.25, -0.2) is 24.7 Å². The highest BCUT2D eigenvalue weighted by Gasteiger charge is 2.45. The van der Waals surface area contributed by atoms with Gasteiger partial charge in [0.2, 0.25) is 5.95 Å². The lowest BCUT2D eigenvalue weighted by Crippen LogP contribution is -2.41. The Morgan fingerprint density at radius 1 is 1.12 bits per heavy atom. The molecule has 0 radical (unpaired) electrons. The topological polar surface area (TPSA) is 320 Å². The number of nitrogens with zero attached hydrogens (tertiary/aromatic N) is 6. The molecule has 2 aliphatic heterocycles. The average Bonchev–Trinajstić information content (AvgIpc) is 3.65. The molecule has 21 nitrogen and oxygen atoms in total. The molecule has 0 saturated carbocycles. The summed E-state index contributed by atoms with van der Waals surface area (Å²) in [5.41, 5.74) is 13.0. The number of carbonyl (C=O) groups is 3. The molecule has 3 aromatic heterocycles. The van der Waals surface area contributed by atoms with E-state index < -0.39 is 60.6 Å². The van der Waals surface area contributed by atoms with Crippen LogP contribution in [0.2, 0.25) is 0 Å². The van der Waals surface area contributed by atoms with Gasteiger partial charge in [-0.15, -0.1) is 0 Å². The van der Waals surface area contributed by atoms with Gasteiger partial charge in [-0.3, -0.25) is 23.9 Å². The maximum absolute atomic E-state index is 12.8. The number of carbonyl (C=O) groups excluding carboxylic acids is 2. The largest absolute Gasteiger partial charge is 0.480 e. The maximum Gasteiger partial charge on any atom is 0.326 e. The molecular formula is C29H32N12O9. The highest BCUT2D eigenvalue weighted by molar-refractivity contribution is 5.98. The third-order valence-electron chi connectivity index (χ3n) is 7.93. The second kappa shape index (κ2) is 14.1. The highest BCUT2D eigenvalue weighted by atomic mass is 16.6.